The van der Waals surface area contributed by atoms with E-state index >= 15 is 0 Å². The minimum absolute atomic E-state index is 0.308. The highest BCUT2D eigenvalue weighted by Gasteiger charge is 2.28. The maximum Gasteiger partial charge on any atom is 0.252 e. The molecule has 1 aliphatic heterocycles. The molecule has 3 rings (SSSR count). The van der Waals surface area contributed by atoms with Gasteiger partial charge in [-0.2, -0.15) is 4.31 Å². The Morgan fingerprint density at radius 3 is 2.77 bits per heavy atom. The Bertz CT molecular complexity index is 715. The van der Waals surface area contributed by atoms with Gasteiger partial charge in [-0.25, -0.2) is 8.42 Å². The lowest BCUT2D eigenvalue weighted by Gasteiger charge is -2.20. The molecule has 22 heavy (non-hydrogen) atoms. The highest BCUT2D eigenvalue weighted by molar-refractivity contribution is 7.91. The van der Waals surface area contributed by atoms with E-state index in [1.165, 1.54) is 4.31 Å². The van der Waals surface area contributed by atoms with Crippen molar-refractivity contribution in [2.24, 2.45) is 0 Å². The second-order valence-corrected chi connectivity index (χ2v) is 8.96. The summed E-state index contributed by atoms with van der Waals surface area (Å²) in [5.74, 6) is 0. The fourth-order valence-electron chi connectivity index (χ4n) is 2.46. The molecule has 0 amide bonds. The van der Waals surface area contributed by atoms with Crippen molar-refractivity contribution in [3.8, 4) is 0 Å². The molecule has 0 saturated carbocycles. The maximum atomic E-state index is 12.6. The Morgan fingerprint density at radius 2 is 2.09 bits per heavy atom. The van der Waals surface area contributed by atoms with E-state index < -0.39 is 10.0 Å². The van der Waals surface area contributed by atoms with Gasteiger partial charge in [0.15, 0.2) is 0 Å². The van der Waals surface area contributed by atoms with E-state index in [1.807, 2.05) is 6.07 Å². The summed E-state index contributed by atoms with van der Waals surface area (Å²) in [4.78, 5) is 2.19. The SMILES string of the molecule is O=S(=O)(c1ccc(Cl)s1)N1CCCN(Cc2ccon2)CC1. The fourth-order valence-corrected chi connectivity index (χ4v) is 5.56. The second kappa shape index (κ2) is 6.67. The van der Waals surface area contributed by atoms with E-state index in [-0.39, 0.29) is 0 Å². The molecule has 9 heteroatoms. The number of aromatic nitrogens is 1. The standard InChI is InChI=1S/C13H16ClN3O3S2/c14-12-2-3-13(21-12)22(18,19)17-6-1-5-16(7-8-17)10-11-4-9-20-15-11/h2-4,9H,1,5-8,10H2. The zero-order chi connectivity index (χ0) is 15.6. The molecule has 2 aromatic rings. The van der Waals surface area contributed by atoms with Crippen LogP contribution in [0.2, 0.25) is 4.34 Å². The first-order chi connectivity index (χ1) is 10.6. The third-order valence-corrected chi connectivity index (χ3v) is 7.16. The van der Waals surface area contributed by atoms with Gasteiger partial charge in [-0.3, -0.25) is 4.90 Å². The minimum Gasteiger partial charge on any atom is -0.364 e. The Kier molecular flexibility index (Phi) is 4.84. The molecule has 0 radical (unpaired) electrons. The summed E-state index contributed by atoms with van der Waals surface area (Å²) in [5.41, 5.74) is 0.862. The van der Waals surface area contributed by atoms with Crippen LogP contribution in [0.25, 0.3) is 0 Å². The van der Waals surface area contributed by atoms with E-state index in [9.17, 15) is 8.42 Å². The molecule has 1 aliphatic rings. The monoisotopic (exact) mass is 361 g/mol. The van der Waals surface area contributed by atoms with Crippen LogP contribution in [-0.2, 0) is 16.6 Å². The van der Waals surface area contributed by atoms with Gasteiger partial charge >= 0.3 is 0 Å². The van der Waals surface area contributed by atoms with E-state index in [0.29, 0.717) is 34.7 Å². The number of hydrogen-bond donors (Lipinski definition) is 0. The van der Waals surface area contributed by atoms with Gasteiger partial charge in [0.2, 0.25) is 0 Å². The minimum atomic E-state index is -3.44. The molecule has 0 aromatic carbocycles. The predicted molar refractivity (Wildman–Crippen MR) is 84.5 cm³/mol. The summed E-state index contributed by atoms with van der Waals surface area (Å²) in [7, 11) is -3.44. The summed E-state index contributed by atoms with van der Waals surface area (Å²) in [6.45, 7) is 3.17. The van der Waals surface area contributed by atoms with Crippen LogP contribution in [0, 0.1) is 0 Å². The lowest BCUT2D eigenvalue weighted by Crippen LogP contribution is -2.34. The van der Waals surface area contributed by atoms with Crippen LogP contribution in [0.4, 0.5) is 0 Å². The number of rotatable bonds is 4. The summed E-state index contributed by atoms with van der Waals surface area (Å²) in [6, 6.07) is 5.02. The Hall–Kier alpha value is -0.930. The van der Waals surface area contributed by atoms with Gasteiger partial charge in [-0.15, -0.1) is 11.3 Å². The second-order valence-electron chi connectivity index (χ2n) is 5.08. The third kappa shape index (κ3) is 3.52. The molecule has 0 unspecified atom stereocenters. The van der Waals surface area contributed by atoms with E-state index in [4.69, 9.17) is 16.1 Å². The fraction of sp³-hybridized carbons (Fsp3) is 0.462. The third-order valence-electron chi connectivity index (χ3n) is 3.57. The molecular weight excluding hydrogens is 346 g/mol. The van der Waals surface area contributed by atoms with Crippen LogP contribution in [0.1, 0.15) is 12.1 Å². The van der Waals surface area contributed by atoms with Crippen LogP contribution >= 0.6 is 22.9 Å². The highest BCUT2D eigenvalue weighted by Crippen LogP contribution is 2.28. The van der Waals surface area contributed by atoms with Crippen molar-refractivity contribution < 1.29 is 12.9 Å². The first-order valence-electron chi connectivity index (χ1n) is 6.93. The average molecular weight is 362 g/mol. The quantitative estimate of drug-likeness (QED) is 0.835. The molecule has 2 aromatic heterocycles. The van der Waals surface area contributed by atoms with Gasteiger partial charge in [0, 0.05) is 32.2 Å². The Labute approximate surface area is 138 Å². The van der Waals surface area contributed by atoms with Crippen molar-refractivity contribution in [2.75, 3.05) is 26.2 Å². The molecule has 6 nitrogen and oxygen atoms in total. The lowest BCUT2D eigenvalue weighted by molar-refractivity contribution is 0.268. The molecule has 0 aliphatic carbocycles. The van der Waals surface area contributed by atoms with Crippen molar-refractivity contribution in [3.63, 3.8) is 0 Å². The van der Waals surface area contributed by atoms with Gasteiger partial charge in [-0.1, -0.05) is 16.8 Å². The molecule has 0 spiro atoms. The first-order valence-corrected chi connectivity index (χ1v) is 9.56. The average Bonchev–Trinajstić information content (AvgIpc) is 3.07. The van der Waals surface area contributed by atoms with Gasteiger partial charge < -0.3 is 4.52 Å². The van der Waals surface area contributed by atoms with Crippen molar-refractivity contribution in [2.45, 2.75) is 17.2 Å². The summed E-state index contributed by atoms with van der Waals surface area (Å²) in [6.07, 6.45) is 2.33. The Balaban J connectivity index is 1.67. The van der Waals surface area contributed by atoms with Crippen LogP contribution in [0.5, 0.6) is 0 Å². The van der Waals surface area contributed by atoms with Gasteiger partial charge in [0.05, 0.1) is 10.0 Å². The predicted octanol–water partition coefficient (Wildman–Crippen LogP) is 2.29. The number of thiophene rings is 1. The lowest BCUT2D eigenvalue weighted by atomic mass is 10.3. The van der Waals surface area contributed by atoms with Crippen molar-refractivity contribution in [1.82, 2.24) is 14.4 Å². The molecule has 1 fully saturated rings. The number of nitrogens with zero attached hydrogens (tertiary/aromatic N) is 3. The molecule has 3 heterocycles. The van der Waals surface area contributed by atoms with E-state index in [0.717, 1.165) is 30.0 Å². The summed E-state index contributed by atoms with van der Waals surface area (Å²) < 4.78 is 32.4. The molecule has 0 bridgehead atoms. The summed E-state index contributed by atoms with van der Waals surface area (Å²) >= 11 is 6.95. The van der Waals surface area contributed by atoms with Crippen molar-refractivity contribution in [1.29, 1.82) is 0 Å². The molecule has 120 valence electrons. The van der Waals surface area contributed by atoms with Crippen LogP contribution in [-0.4, -0.2) is 49.0 Å². The zero-order valence-electron chi connectivity index (χ0n) is 11.8. The number of sulfonamides is 1. The van der Waals surface area contributed by atoms with Crippen LogP contribution < -0.4 is 0 Å². The molecular formula is C13H16ClN3O3S2. The van der Waals surface area contributed by atoms with Crippen molar-refractivity contribution >= 4 is 33.0 Å². The summed E-state index contributed by atoms with van der Waals surface area (Å²) in [5, 5.41) is 3.90. The van der Waals surface area contributed by atoms with E-state index in [2.05, 4.69) is 10.1 Å². The largest absolute Gasteiger partial charge is 0.364 e. The smallest absolute Gasteiger partial charge is 0.252 e. The number of halogens is 1. The van der Waals surface area contributed by atoms with Gasteiger partial charge in [0.25, 0.3) is 10.0 Å². The highest BCUT2D eigenvalue weighted by atomic mass is 35.5. The Morgan fingerprint density at radius 1 is 1.23 bits per heavy atom. The molecule has 1 saturated heterocycles. The molecule has 0 atom stereocenters. The van der Waals surface area contributed by atoms with Crippen molar-refractivity contribution in [3.05, 3.63) is 34.5 Å². The van der Waals surface area contributed by atoms with Crippen LogP contribution in [0.3, 0.4) is 0 Å². The number of hydrogen-bond acceptors (Lipinski definition) is 6. The molecule has 0 N–H and O–H groups in total. The first kappa shape index (κ1) is 15.9. The van der Waals surface area contributed by atoms with Crippen LogP contribution in [0.15, 0.2) is 33.2 Å². The normalized spacial score (nSPS) is 18.4. The van der Waals surface area contributed by atoms with E-state index in [1.54, 1.807) is 18.4 Å². The van der Waals surface area contributed by atoms with Gasteiger partial charge in [0.1, 0.15) is 10.5 Å². The van der Waals surface area contributed by atoms with Gasteiger partial charge in [-0.05, 0) is 25.1 Å². The maximum absolute atomic E-state index is 12.6. The topological polar surface area (TPSA) is 66.7 Å². The zero-order valence-corrected chi connectivity index (χ0v) is 14.2.